The molecule has 170 valence electrons. The Morgan fingerprint density at radius 2 is 1.85 bits per heavy atom. The second-order valence-electron chi connectivity index (χ2n) is 8.47. The number of aromatic nitrogens is 4. The number of piperazine rings is 1. The van der Waals surface area contributed by atoms with Crippen molar-refractivity contribution in [3.8, 4) is 11.4 Å². The van der Waals surface area contributed by atoms with Crippen molar-refractivity contribution in [1.82, 2.24) is 24.6 Å². The van der Waals surface area contributed by atoms with Crippen LogP contribution in [0.1, 0.15) is 19.9 Å². The fourth-order valence-electron chi connectivity index (χ4n) is 4.10. The molecule has 0 unspecified atom stereocenters. The van der Waals surface area contributed by atoms with E-state index in [4.69, 9.17) is 4.98 Å². The van der Waals surface area contributed by atoms with Crippen molar-refractivity contribution in [2.75, 3.05) is 36.4 Å². The van der Waals surface area contributed by atoms with Crippen molar-refractivity contribution in [2.45, 2.75) is 19.9 Å². The Labute approximate surface area is 191 Å². The van der Waals surface area contributed by atoms with E-state index < -0.39 is 0 Å². The molecule has 1 fully saturated rings. The van der Waals surface area contributed by atoms with Gasteiger partial charge in [0.25, 0.3) is 0 Å². The van der Waals surface area contributed by atoms with Crippen LogP contribution < -0.4 is 10.2 Å². The van der Waals surface area contributed by atoms with Gasteiger partial charge in [0.05, 0.1) is 6.20 Å². The van der Waals surface area contributed by atoms with E-state index in [9.17, 15) is 9.18 Å². The van der Waals surface area contributed by atoms with E-state index in [1.54, 1.807) is 17.0 Å². The molecule has 8 nitrogen and oxygen atoms in total. The molecular weight excluding hydrogens is 421 g/mol. The molecule has 2 aromatic heterocycles. The summed E-state index contributed by atoms with van der Waals surface area (Å²) in [4.78, 5) is 24.6. The minimum atomic E-state index is -0.370. The number of imidazole rings is 1. The minimum Gasteiger partial charge on any atom is -0.368 e. The van der Waals surface area contributed by atoms with Crippen LogP contribution in [-0.4, -0.2) is 56.9 Å². The Morgan fingerprint density at radius 3 is 2.55 bits per heavy atom. The molecule has 2 aromatic carbocycles. The molecule has 0 aliphatic carbocycles. The number of rotatable bonds is 4. The molecule has 9 heteroatoms. The topological polar surface area (TPSA) is 82.1 Å². The van der Waals surface area contributed by atoms with Gasteiger partial charge >= 0.3 is 6.03 Å². The standard InChI is InChI=1S/C24H26FN7O/c1-16(2)32-23-21(15-26-32)28-22(29-23)17-6-8-20(9-7-17)30-10-12-31(13-11-30)24(33)27-19-5-3-4-18(25)14-19/h3-9,14-16H,10-13H2,1-2H3,(H,27,33)(H,28,29). The molecule has 1 aliphatic rings. The van der Waals surface area contributed by atoms with E-state index >= 15 is 0 Å². The smallest absolute Gasteiger partial charge is 0.321 e. The molecule has 0 bridgehead atoms. The Hall–Kier alpha value is -3.88. The summed E-state index contributed by atoms with van der Waals surface area (Å²) in [6.45, 7) is 6.81. The van der Waals surface area contributed by atoms with Crippen LogP contribution >= 0.6 is 0 Å². The number of carbonyl (C=O) groups is 1. The zero-order valence-electron chi connectivity index (χ0n) is 18.6. The molecule has 1 aliphatic heterocycles. The van der Waals surface area contributed by atoms with Gasteiger partial charge in [-0.2, -0.15) is 5.10 Å². The molecule has 0 radical (unpaired) electrons. The highest BCUT2D eigenvalue weighted by Crippen LogP contribution is 2.25. The maximum Gasteiger partial charge on any atom is 0.321 e. The zero-order valence-corrected chi connectivity index (χ0v) is 18.6. The number of hydrogen-bond donors (Lipinski definition) is 2. The number of urea groups is 1. The highest BCUT2D eigenvalue weighted by molar-refractivity contribution is 5.89. The lowest BCUT2D eigenvalue weighted by Crippen LogP contribution is -2.50. The van der Waals surface area contributed by atoms with Crippen molar-refractivity contribution in [2.24, 2.45) is 0 Å². The predicted octanol–water partition coefficient (Wildman–Crippen LogP) is 4.50. The van der Waals surface area contributed by atoms with E-state index in [1.807, 2.05) is 10.9 Å². The van der Waals surface area contributed by atoms with Crippen LogP contribution in [0.4, 0.5) is 20.6 Å². The number of aromatic amines is 1. The summed E-state index contributed by atoms with van der Waals surface area (Å²) in [6.07, 6.45) is 1.81. The molecule has 0 saturated carbocycles. The lowest BCUT2D eigenvalue weighted by Gasteiger charge is -2.36. The highest BCUT2D eigenvalue weighted by Gasteiger charge is 2.22. The van der Waals surface area contributed by atoms with Crippen LogP contribution in [0.25, 0.3) is 22.6 Å². The summed E-state index contributed by atoms with van der Waals surface area (Å²) in [5, 5.41) is 7.14. The maximum absolute atomic E-state index is 13.3. The number of carbonyl (C=O) groups excluding carboxylic acids is 1. The molecule has 0 atom stereocenters. The van der Waals surface area contributed by atoms with Crippen LogP contribution in [0.2, 0.25) is 0 Å². The summed E-state index contributed by atoms with van der Waals surface area (Å²) in [5.41, 5.74) is 4.36. The van der Waals surface area contributed by atoms with E-state index in [2.05, 4.69) is 58.4 Å². The van der Waals surface area contributed by atoms with Crippen LogP contribution in [0.15, 0.2) is 54.7 Å². The van der Waals surface area contributed by atoms with Crippen LogP contribution in [0, 0.1) is 5.82 Å². The third-order valence-electron chi connectivity index (χ3n) is 5.88. The first-order chi connectivity index (χ1) is 16.0. The van der Waals surface area contributed by atoms with Crippen LogP contribution in [0.3, 0.4) is 0 Å². The number of amides is 2. The molecule has 2 amide bonds. The first-order valence-corrected chi connectivity index (χ1v) is 11.1. The molecule has 0 spiro atoms. The Bertz CT molecular complexity index is 1270. The van der Waals surface area contributed by atoms with E-state index in [-0.39, 0.29) is 17.9 Å². The van der Waals surface area contributed by atoms with Crippen LogP contribution in [0.5, 0.6) is 0 Å². The minimum absolute atomic E-state index is 0.208. The monoisotopic (exact) mass is 447 g/mol. The van der Waals surface area contributed by atoms with Crippen LogP contribution in [-0.2, 0) is 0 Å². The third-order valence-corrected chi connectivity index (χ3v) is 5.88. The molecule has 5 rings (SSSR count). The number of anilines is 2. The summed E-state index contributed by atoms with van der Waals surface area (Å²) < 4.78 is 15.3. The Morgan fingerprint density at radius 1 is 1.09 bits per heavy atom. The molecule has 3 heterocycles. The van der Waals surface area contributed by atoms with Gasteiger partial charge < -0.3 is 20.1 Å². The van der Waals surface area contributed by atoms with Crippen molar-refractivity contribution < 1.29 is 9.18 Å². The normalized spacial score (nSPS) is 14.3. The van der Waals surface area contributed by atoms with Gasteiger partial charge in [0, 0.05) is 49.2 Å². The number of nitrogens with zero attached hydrogens (tertiary/aromatic N) is 5. The largest absolute Gasteiger partial charge is 0.368 e. The molecule has 4 aromatic rings. The number of benzene rings is 2. The van der Waals surface area contributed by atoms with E-state index in [1.165, 1.54) is 12.1 Å². The first kappa shape index (κ1) is 21.0. The lowest BCUT2D eigenvalue weighted by atomic mass is 10.1. The SMILES string of the molecule is CC(C)n1ncc2[nH]c(-c3ccc(N4CCN(C(=O)Nc5cccc(F)c5)CC4)cc3)nc21. The van der Waals surface area contributed by atoms with Gasteiger partial charge in [-0.15, -0.1) is 0 Å². The number of halogens is 1. The molecular formula is C24H26FN7O. The van der Waals surface area contributed by atoms with Crippen molar-refractivity contribution in [3.63, 3.8) is 0 Å². The fourth-order valence-corrected chi connectivity index (χ4v) is 4.10. The summed E-state index contributed by atoms with van der Waals surface area (Å²) in [6, 6.07) is 14.3. The summed E-state index contributed by atoms with van der Waals surface area (Å²) >= 11 is 0. The fraction of sp³-hybridized carbons (Fsp3) is 0.292. The van der Waals surface area contributed by atoms with E-state index in [0.29, 0.717) is 18.8 Å². The summed E-state index contributed by atoms with van der Waals surface area (Å²) in [5.74, 6) is 0.452. The lowest BCUT2D eigenvalue weighted by molar-refractivity contribution is 0.208. The van der Waals surface area contributed by atoms with Gasteiger partial charge in [-0.3, -0.25) is 0 Å². The number of hydrogen-bond acceptors (Lipinski definition) is 4. The number of nitrogens with one attached hydrogen (secondary N) is 2. The molecule has 1 saturated heterocycles. The number of H-pyrrole nitrogens is 1. The van der Waals surface area contributed by atoms with Gasteiger partial charge in [-0.05, 0) is 56.3 Å². The van der Waals surface area contributed by atoms with E-state index in [0.717, 1.165) is 41.3 Å². The second-order valence-corrected chi connectivity index (χ2v) is 8.47. The van der Waals surface area contributed by atoms with Crippen molar-refractivity contribution >= 4 is 28.6 Å². The average Bonchev–Trinajstić information content (AvgIpc) is 3.40. The summed E-state index contributed by atoms with van der Waals surface area (Å²) in [7, 11) is 0. The predicted molar refractivity (Wildman–Crippen MR) is 127 cm³/mol. The maximum atomic E-state index is 13.3. The zero-order chi connectivity index (χ0) is 22.9. The van der Waals surface area contributed by atoms with Crippen molar-refractivity contribution in [1.29, 1.82) is 0 Å². The van der Waals surface area contributed by atoms with Gasteiger partial charge in [0.15, 0.2) is 5.65 Å². The van der Waals surface area contributed by atoms with Gasteiger partial charge in [0.1, 0.15) is 17.2 Å². The average molecular weight is 448 g/mol. The first-order valence-electron chi connectivity index (χ1n) is 11.1. The molecule has 33 heavy (non-hydrogen) atoms. The third kappa shape index (κ3) is 4.26. The Balaban J connectivity index is 1.21. The Kier molecular flexibility index (Phi) is 5.45. The van der Waals surface area contributed by atoms with Gasteiger partial charge in [-0.25, -0.2) is 18.9 Å². The number of fused-ring (bicyclic) bond motifs is 1. The molecule has 2 N–H and O–H groups in total. The quantitative estimate of drug-likeness (QED) is 0.483. The second kappa shape index (κ2) is 8.57. The van der Waals surface area contributed by atoms with Crippen molar-refractivity contribution in [3.05, 3.63) is 60.5 Å². The van der Waals surface area contributed by atoms with Gasteiger partial charge in [0.2, 0.25) is 0 Å². The highest BCUT2D eigenvalue weighted by atomic mass is 19.1. The van der Waals surface area contributed by atoms with Gasteiger partial charge in [-0.1, -0.05) is 6.07 Å².